The van der Waals surface area contributed by atoms with Crippen LogP contribution in [0.15, 0.2) is 70.2 Å². The molecule has 4 aromatic rings. The Morgan fingerprint density at radius 3 is 2.56 bits per heavy atom. The van der Waals surface area contributed by atoms with Crippen LogP contribution in [0.2, 0.25) is 0 Å². The average Bonchev–Trinajstić information content (AvgIpc) is 3.14. The molecule has 0 saturated heterocycles. The first-order valence-corrected chi connectivity index (χ1v) is 9.83. The topological polar surface area (TPSA) is 92.9 Å². The number of halogens is 1. The van der Waals surface area contributed by atoms with Gasteiger partial charge in [0.15, 0.2) is 0 Å². The van der Waals surface area contributed by atoms with Crippen molar-refractivity contribution in [2.75, 3.05) is 12.4 Å². The number of carbonyl (C=O) groups excluding carboxylic acids is 2. The molecule has 0 aliphatic heterocycles. The van der Waals surface area contributed by atoms with Crippen molar-refractivity contribution in [1.29, 1.82) is 0 Å². The molecule has 0 spiro atoms. The molecule has 3 aromatic carbocycles. The van der Waals surface area contributed by atoms with Gasteiger partial charge >= 0.3 is 0 Å². The zero-order chi connectivity index (χ0) is 22.7. The van der Waals surface area contributed by atoms with Crippen LogP contribution in [0.4, 0.5) is 10.1 Å². The quantitative estimate of drug-likeness (QED) is 0.335. The number of methoxy groups -OCH3 is 1. The highest BCUT2D eigenvalue weighted by Gasteiger charge is 2.15. The largest absolute Gasteiger partial charge is 0.495 e. The molecule has 1 aromatic heterocycles. The lowest BCUT2D eigenvalue weighted by Crippen LogP contribution is -2.22. The maximum absolute atomic E-state index is 13.7. The van der Waals surface area contributed by atoms with Gasteiger partial charge in [-0.05, 0) is 31.2 Å². The fourth-order valence-electron chi connectivity index (χ4n) is 3.34. The van der Waals surface area contributed by atoms with Gasteiger partial charge in [-0.3, -0.25) is 9.59 Å². The Bertz CT molecular complexity index is 1360. The minimum absolute atomic E-state index is 0.0845. The number of nitrogens with one attached hydrogen (secondary N) is 2. The van der Waals surface area contributed by atoms with Gasteiger partial charge in [-0.25, -0.2) is 9.82 Å². The van der Waals surface area contributed by atoms with E-state index in [1.54, 1.807) is 19.1 Å². The van der Waals surface area contributed by atoms with Crippen molar-refractivity contribution in [2.45, 2.75) is 13.3 Å². The average molecular weight is 433 g/mol. The summed E-state index contributed by atoms with van der Waals surface area (Å²) in [6, 6.07) is 16.7. The third kappa shape index (κ3) is 4.29. The third-order valence-electron chi connectivity index (χ3n) is 4.86. The van der Waals surface area contributed by atoms with Gasteiger partial charge in [0.05, 0.1) is 24.8 Å². The highest BCUT2D eigenvalue weighted by atomic mass is 19.1. The maximum Gasteiger partial charge on any atom is 0.274 e. The van der Waals surface area contributed by atoms with Gasteiger partial charge in [-0.1, -0.05) is 30.3 Å². The molecule has 0 unspecified atom stereocenters. The molecule has 0 fully saturated rings. The lowest BCUT2D eigenvalue weighted by atomic mass is 10.1. The minimum atomic E-state index is -0.695. The highest BCUT2D eigenvalue weighted by molar-refractivity contribution is 6.10. The molecule has 8 heteroatoms. The summed E-state index contributed by atoms with van der Waals surface area (Å²) in [7, 11) is 1.52. The van der Waals surface area contributed by atoms with E-state index in [1.165, 1.54) is 25.3 Å². The van der Waals surface area contributed by atoms with Crippen LogP contribution in [-0.4, -0.2) is 24.6 Å². The number of para-hydroxylation sites is 1. The number of hydrazone groups is 1. The van der Waals surface area contributed by atoms with Gasteiger partial charge in [0.2, 0.25) is 5.91 Å². The number of rotatable bonds is 6. The Kier molecular flexibility index (Phi) is 5.85. The fraction of sp³-hybridized carbons (Fsp3) is 0.125. The Balaban J connectivity index is 1.47. The van der Waals surface area contributed by atoms with Crippen LogP contribution in [0, 0.1) is 5.82 Å². The number of hydrogen-bond acceptors (Lipinski definition) is 5. The Morgan fingerprint density at radius 2 is 1.78 bits per heavy atom. The van der Waals surface area contributed by atoms with Crippen molar-refractivity contribution in [3.05, 3.63) is 72.0 Å². The van der Waals surface area contributed by atoms with E-state index < -0.39 is 11.7 Å². The number of fused-ring (bicyclic) bond motifs is 3. The molecule has 4 rings (SSSR count). The Hall–Kier alpha value is -4.20. The predicted molar refractivity (Wildman–Crippen MR) is 120 cm³/mol. The molecule has 0 atom stereocenters. The number of hydrogen-bond donors (Lipinski definition) is 2. The van der Waals surface area contributed by atoms with Crippen molar-refractivity contribution in [3.8, 4) is 5.75 Å². The lowest BCUT2D eigenvalue weighted by Gasteiger charge is -2.10. The minimum Gasteiger partial charge on any atom is -0.495 e. The Labute approximate surface area is 182 Å². The molecule has 0 bridgehead atoms. The number of furan rings is 1. The number of amides is 2. The number of carbonyl (C=O) groups is 2. The van der Waals surface area contributed by atoms with E-state index in [0.717, 1.165) is 16.4 Å². The second-order valence-electron chi connectivity index (χ2n) is 7.14. The van der Waals surface area contributed by atoms with Gasteiger partial charge in [0, 0.05) is 22.6 Å². The van der Waals surface area contributed by atoms with Crippen LogP contribution in [0.3, 0.4) is 0 Å². The molecule has 2 amide bonds. The number of nitrogens with zero attached hydrogens (tertiary/aromatic N) is 1. The SMILES string of the molecule is COc1cc2c(cc1NC(=O)C/C(C)=N\NC(=O)c1ccccc1F)oc1ccccc12. The first kappa shape index (κ1) is 21.0. The zero-order valence-corrected chi connectivity index (χ0v) is 17.4. The van der Waals surface area contributed by atoms with Gasteiger partial charge in [-0.2, -0.15) is 5.10 Å². The second kappa shape index (κ2) is 8.89. The van der Waals surface area contributed by atoms with Crippen molar-refractivity contribution < 1.29 is 23.1 Å². The van der Waals surface area contributed by atoms with Gasteiger partial charge < -0.3 is 14.5 Å². The van der Waals surface area contributed by atoms with Crippen LogP contribution in [0.5, 0.6) is 5.75 Å². The van der Waals surface area contributed by atoms with E-state index in [-0.39, 0.29) is 17.9 Å². The molecule has 0 radical (unpaired) electrons. The number of ether oxygens (including phenoxy) is 1. The van der Waals surface area contributed by atoms with E-state index in [4.69, 9.17) is 9.15 Å². The molecule has 7 nitrogen and oxygen atoms in total. The van der Waals surface area contributed by atoms with Gasteiger partial charge in [0.25, 0.3) is 5.91 Å². The summed E-state index contributed by atoms with van der Waals surface area (Å²) in [6.45, 7) is 1.58. The van der Waals surface area contributed by atoms with Gasteiger partial charge in [-0.15, -0.1) is 0 Å². The summed E-state index contributed by atoms with van der Waals surface area (Å²) < 4.78 is 25.0. The molecular weight excluding hydrogens is 413 g/mol. The highest BCUT2D eigenvalue weighted by Crippen LogP contribution is 2.36. The molecular formula is C24H20FN3O4. The molecule has 0 saturated carbocycles. The fourth-order valence-corrected chi connectivity index (χ4v) is 3.34. The first-order chi connectivity index (χ1) is 15.5. The molecule has 1 heterocycles. The van der Waals surface area contributed by atoms with E-state index in [2.05, 4.69) is 15.8 Å². The summed E-state index contributed by atoms with van der Waals surface area (Å²) in [5.74, 6) is -1.22. The van der Waals surface area contributed by atoms with Crippen molar-refractivity contribution in [2.24, 2.45) is 5.10 Å². The van der Waals surface area contributed by atoms with Crippen LogP contribution >= 0.6 is 0 Å². The summed E-state index contributed by atoms with van der Waals surface area (Å²) in [6.07, 6.45) is -0.0845. The monoisotopic (exact) mass is 433 g/mol. The second-order valence-corrected chi connectivity index (χ2v) is 7.14. The van der Waals surface area contributed by atoms with Crippen LogP contribution in [0.1, 0.15) is 23.7 Å². The summed E-state index contributed by atoms with van der Waals surface area (Å²) in [5, 5.41) is 8.49. The van der Waals surface area contributed by atoms with Crippen molar-refractivity contribution in [3.63, 3.8) is 0 Å². The van der Waals surface area contributed by atoms with Crippen LogP contribution in [-0.2, 0) is 4.79 Å². The zero-order valence-electron chi connectivity index (χ0n) is 17.4. The normalized spacial score (nSPS) is 11.5. The van der Waals surface area contributed by atoms with E-state index in [1.807, 2.05) is 30.3 Å². The summed E-state index contributed by atoms with van der Waals surface area (Å²) >= 11 is 0. The molecule has 2 N–H and O–H groups in total. The molecule has 0 aliphatic carbocycles. The van der Waals surface area contributed by atoms with E-state index in [0.29, 0.717) is 22.7 Å². The third-order valence-corrected chi connectivity index (χ3v) is 4.86. The van der Waals surface area contributed by atoms with Gasteiger partial charge in [0.1, 0.15) is 22.7 Å². The summed E-state index contributed by atoms with van der Waals surface area (Å²) in [4.78, 5) is 24.6. The Morgan fingerprint density at radius 1 is 1.03 bits per heavy atom. The van der Waals surface area contributed by atoms with Crippen LogP contribution in [0.25, 0.3) is 21.9 Å². The number of anilines is 1. The first-order valence-electron chi connectivity index (χ1n) is 9.83. The van der Waals surface area contributed by atoms with E-state index >= 15 is 0 Å². The maximum atomic E-state index is 13.7. The number of benzene rings is 3. The summed E-state index contributed by atoms with van der Waals surface area (Å²) in [5.41, 5.74) is 4.28. The van der Waals surface area contributed by atoms with Crippen molar-refractivity contribution in [1.82, 2.24) is 5.43 Å². The lowest BCUT2D eigenvalue weighted by molar-refractivity contribution is -0.115. The van der Waals surface area contributed by atoms with Crippen LogP contribution < -0.4 is 15.5 Å². The molecule has 32 heavy (non-hydrogen) atoms. The predicted octanol–water partition coefficient (Wildman–Crippen LogP) is 4.87. The molecule has 162 valence electrons. The smallest absolute Gasteiger partial charge is 0.274 e. The standard InChI is InChI=1S/C24H20FN3O4/c1-14(27-28-24(30)16-8-3-5-9-18(16)25)11-23(29)26-19-13-21-17(12-22(19)31-2)15-7-4-6-10-20(15)32-21/h3-10,12-13H,11H2,1-2H3,(H,26,29)(H,28,30)/b27-14-. The van der Waals surface area contributed by atoms with E-state index in [9.17, 15) is 14.0 Å². The molecule has 0 aliphatic rings. The van der Waals surface area contributed by atoms with Crippen molar-refractivity contribution >= 4 is 45.2 Å².